The van der Waals surface area contributed by atoms with Crippen LogP contribution in [0.15, 0.2) is 4.99 Å². The topological polar surface area (TPSA) is 72.0 Å². The molecule has 2 rings (SSSR count). The minimum Gasteiger partial charge on any atom is -0.469 e. The van der Waals surface area contributed by atoms with Crippen LogP contribution in [0.4, 0.5) is 0 Å². The highest BCUT2D eigenvalue weighted by Gasteiger charge is 2.40. The monoisotopic (exact) mass is 311 g/mol. The van der Waals surface area contributed by atoms with Gasteiger partial charge in [-0.3, -0.25) is 9.79 Å². The molecule has 2 N–H and O–H groups in total. The fourth-order valence-electron chi connectivity index (χ4n) is 3.22. The van der Waals surface area contributed by atoms with Crippen LogP contribution in [0, 0.1) is 0 Å². The molecule has 0 radical (unpaired) electrons. The largest absolute Gasteiger partial charge is 0.469 e. The molecule has 2 bridgehead atoms. The number of unbranched alkanes of at least 4 members (excludes halogenated alkanes) is 3. The van der Waals surface area contributed by atoms with Crippen LogP contribution < -0.4 is 10.6 Å². The Morgan fingerprint density at radius 3 is 2.73 bits per heavy atom. The Morgan fingerprint density at radius 1 is 1.27 bits per heavy atom. The van der Waals surface area contributed by atoms with Crippen LogP contribution in [-0.4, -0.2) is 50.9 Å². The summed E-state index contributed by atoms with van der Waals surface area (Å²) in [7, 11) is 3.24. The second kappa shape index (κ2) is 8.98. The van der Waals surface area contributed by atoms with Crippen molar-refractivity contribution in [3.8, 4) is 0 Å². The van der Waals surface area contributed by atoms with Gasteiger partial charge in [-0.1, -0.05) is 12.8 Å². The molecule has 3 atom stereocenters. The summed E-state index contributed by atoms with van der Waals surface area (Å²) in [4.78, 5) is 15.3. The van der Waals surface area contributed by atoms with E-state index in [0.717, 1.165) is 44.6 Å². The number of ether oxygens (including phenoxy) is 2. The van der Waals surface area contributed by atoms with E-state index in [2.05, 4.69) is 20.4 Å². The first-order valence-corrected chi connectivity index (χ1v) is 8.42. The Kier molecular flexibility index (Phi) is 6.96. The molecular weight excluding hydrogens is 282 g/mol. The van der Waals surface area contributed by atoms with Crippen molar-refractivity contribution in [3.63, 3.8) is 0 Å². The lowest BCUT2D eigenvalue weighted by Gasteiger charge is -2.22. The number of rotatable bonds is 8. The van der Waals surface area contributed by atoms with Crippen molar-refractivity contribution in [1.29, 1.82) is 0 Å². The summed E-state index contributed by atoms with van der Waals surface area (Å²) in [5, 5.41) is 6.83. The molecule has 0 aromatic rings. The lowest BCUT2D eigenvalue weighted by atomic mass is 9.96. The lowest BCUT2D eigenvalue weighted by Crippen LogP contribution is -2.47. The van der Waals surface area contributed by atoms with Crippen LogP contribution in [0.25, 0.3) is 0 Å². The van der Waals surface area contributed by atoms with Crippen molar-refractivity contribution in [2.45, 2.75) is 69.6 Å². The number of fused-ring (bicyclic) bond motifs is 2. The molecule has 0 amide bonds. The second-order valence-electron chi connectivity index (χ2n) is 6.10. The summed E-state index contributed by atoms with van der Waals surface area (Å²) in [6, 6.07) is 0.407. The number of aliphatic imine (C=N–C) groups is 1. The van der Waals surface area contributed by atoms with E-state index in [0.29, 0.717) is 24.7 Å². The average molecular weight is 311 g/mol. The number of hydrogen-bond acceptors (Lipinski definition) is 4. The highest BCUT2D eigenvalue weighted by Crippen LogP contribution is 2.34. The van der Waals surface area contributed by atoms with Crippen molar-refractivity contribution in [2.24, 2.45) is 4.99 Å². The number of hydrogen-bond donors (Lipinski definition) is 2. The summed E-state index contributed by atoms with van der Waals surface area (Å²) in [6.45, 7) is 0.902. The molecule has 3 unspecified atom stereocenters. The van der Waals surface area contributed by atoms with Gasteiger partial charge in [0.25, 0.3) is 0 Å². The second-order valence-corrected chi connectivity index (χ2v) is 6.10. The molecule has 2 aliphatic heterocycles. The van der Waals surface area contributed by atoms with Gasteiger partial charge in [0.15, 0.2) is 5.96 Å². The third kappa shape index (κ3) is 5.16. The first-order chi connectivity index (χ1) is 10.7. The predicted octanol–water partition coefficient (Wildman–Crippen LogP) is 1.59. The maximum atomic E-state index is 11.0. The van der Waals surface area contributed by atoms with Crippen molar-refractivity contribution >= 4 is 11.9 Å². The molecule has 0 aromatic carbocycles. The van der Waals surface area contributed by atoms with Gasteiger partial charge < -0.3 is 20.1 Å². The zero-order valence-electron chi connectivity index (χ0n) is 13.8. The minimum absolute atomic E-state index is 0.115. The van der Waals surface area contributed by atoms with Gasteiger partial charge in [-0.05, 0) is 32.1 Å². The van der Waals surface area contributed by atoms with Crippen molar-refractivity contribution < 1.29 is 14.3 Å². The molecule has 22 heavy (non-hydrogen) atoms. The van der Waals surface area contributed by atoms with E-state index in [1.807, 2.05) is 0 Å². The SMILES string of the molecule is CN=C(NCCCCCCC(=O)OC)NC1CC2CCC1O2. The number of carbonyl (C=O) groups is 1. The van der Waals surface area contributed by atoms with E-state index < -0.39 is 0 Å². The van der Waals surface area contributed by atoms with E-state index in [1.54, 1.807) is 7.05 Å². The lowest BCUT2D eigenvalue weighted by molar-refractivity contribution is -0.140. The average Bonchev–Trinajstić information content (AvgIpc) is 3.15. The molecule has 2 saturated heterocycles. The van der Waals surface area contributed by atoms with Crippen molar-refractivity contribution in [2.75, 3.05) is 20.7 Å². The molecule has 0 spiro atoms. The summed E-state index contributed by atoms with van der Waals surface area (Å²) >= 11 is 0. The molecule has 126 valence electrons. The van der Waals surface area contributed by atoms with Crippen LogP contribution in [-0.2, 0) is 14.3 Å². The zero-order valence-corrected chi connectivity index (χ0v) is 13.8. The number of carbonyl (C=O) groups excluding carboxylic acids is 1. The third-order valence-corrected chi connectivity index (χ3v) is 4.48. The Hall–Kier alpha value is -1.30. The Labute approximate surface area is 133 Å². The van der Waals surface area contributed by atoms with Crippen LogP contribution in [0.2, 0.25) is 0 Å². The minimum atomic E-state index is -0.115. The maximum absolute atomic E-state index is 11.0. The Morgan fingerprint density at radius 2 is 2.09 bits per heavy atom. The van der Waals surface area contributed by atoms with Gasteiger partial charge >= 0.3 is 5.97 Å². The van der Waals surface area contributed by atoms with E-state index in [4.69, 9.17) is 4.74 Å². The number of guanidine groups is 1. The summed E-state index contributed by atoms with van der Waals surface area (Å²) in [5.74, 6) is 0.756. The van der Waals surface area contributed by atoms with Gasteiger partial charge in [-0.25, -0.2) is 0 Å². The fraction of sp³-hybridized carbons (Fsp3) is 0.875. The van der Waals surface area contributed by atoms with Gasteiger partial charge in [-0.2, -0.15) is 0 Å². The van der Waals surface area contributed by atoms with Gasteiger partial charge in [0.2, 0.25) is 0 Å². The molecule has 6 heteroatoms. The highest BCUT2D eigenvalue weighted by molar-refractivity contribution is 5.80. The smallest absolute Gasteiger partial charge is 0.305 e. The van der Waals surface area contributed by atoms with E-state index in [-0.39, 0.29) is 5.97 Å². The molecule has 0 saturated carbocycles. The van der Waals surface area contributed by atoms with Gasteiger partial charge in [0.05, 0.1) is 25.4 Å². The Bertz CT molecular complexity index is 387. The van der Waals surface area contributed by atoms with Gasteiger partial charge in [0.1, 0.15) is 0 Å². The molecule has 0 aliphatic carbocycles. The molecular formula is C16H29N3O3. The summed E-state index contributed by atoms with van der Waals surface area (Å²) < 4.78 is 10.5. The number of methoxy groups -OCH3 is 1. The van der Waals surface area contributed by atoms with E-state index in [1.165, 1.54) is 20.0 Å². The summed E-state index contributed by atoms with van der Waals surface area (Å²) in [6.07, 6.45) is 8.96. The summed E-state index contributed by atoms with van der Waals surface area (Å²) in [5.41, 5.74) is 0. The normalized spacial score (nSPS) is 27.0. The van der Waals surface area contributed by atoms with Crippen molar-refractivity contribution in [3.05, 3.63) is 0 Å². The van der Waals surface area contributed by atoms with Crippen LogP contribution in [0.5, 0.6) is 0 Å². The number of nitrogens with one attached hydrogen (secondary N) is 2. The molecule has 2 fully saturated rings. The van der Waals surface area contributed by atoms with E-state index in [9.17, 15) is 4.79 Å². The zero-order chi connectivity index (χ0) is 15.8. The van der Waals surface area contributed by atoms with Gasteiger partial charge in [0, 0.05) is 20.0 Å². The van der Waals surface area contributed by atoms with E-state index >= 15 is 0 Å². The van der Waals surface area contributed by atoms with Crippen LogP contribution >= 0.6 is 0 Å². The predicted molar refractivity (Wildman–Crippen MR) is 85.9 cm³/mol. The third-order valence-electron chi connectivity index (χ3n) is 4.48. The molecule has 2 heterocycles. The fourth-order valence-corrected chi connectivity index (χ4v) is 3.22. The maximum Gasteiger partial charge on any atom is 0.305 e. The molecule has 0 aromatic heterocycles. The Balaban J connectivity index is 1.51. The quantitative estimate of drug-likeness (QED) is 0.308. The van der Waals surface area contributed by atoms with Crippen LogP contribution in [0.1, 0.15) is 51.4 Å². The first kappa shape index (κ1) is 17.1. The standard InChI is InChI=1S/C16H29N3O3/c1-17-16(19-13-11-12-8-9-14(13)22-12)18-10-6-4-3-5-7-15(20)21-2/h12-14H,3-11H2,1-2H3,(H2,17,18,19). The molecule has 6 nitrogen and oxygen atoms in total. The first-order valence-electron chi connectivity index (χ1n) is 8.42. The van der Waals surface area contributed by atoms with Crippen molar-refractivity contribution in [1.82, 2.24) is 10.6 Å². The van der Waals surface area contributed by atoms with Crippen LogP contribution in [0.3, 0.4) is 0 Å². The number of nitrogens with zero attached hydrogens (tertiary/aromatic N) is 1. The highest BCUT2D eigenvalue weighted by atomic mass is 16.5. The van der Waals surface area contributed by atoms with Gasteiger partial charge in [-0.15, -0.1) is 0 Å². The molecule has 2 aliphatic rings. The number of esters is 1.